The first-order valence-electron chi connectivity index (χ1n) is 4.58. The molecule has 0 atom stereocenters. The molecule has 0 bridgehead atoms. The molecule has 0 amide bonds. The molecule has 0 aromatic rings. The predicted octanol–water partition coefficient (Wildman–Crippen LogP) is -7.78. The van der Waals surface area contributed by atoms with Crippen molar-refractivity contribution in [1.29, 1.82) is 0 Å². The zero-order valence-electron chi connectivity index (χ0n) is 9.50. The molecule has 12 heteroatoms. The summed E-state index contributed by atoms with van der Waals surface area (Å²) in [6.45, 7) is 1.65. The van der Waals surface area contributed by atoms with E-state index in [9.17, 15) is 0 Å². The van der Waals surface area contributed by atoms with Crippen LogP contribution in [-0.2, 0) is 0 Å². The van der Waals surface area contributed by atoms with Gasteiger partial charge in [0, 0.05) is 0 Å². The summed E-state index contributed by atoms with van der Waals surface area (Å²) in [5.41, 5.74) is 10.6. The van der Waals surface area contributed by atoms with Gasteiger partial charge in [-0.15, -0.1) is 0 Å². The lowest BCUT2D eigenvalue weighted by molar-refractivity contribution is -1.92. The second-order valence-electron chi connectivity index (χ2n) is 2.78. The highest BCUT2D eigenvalue weighted by atomic mass is 35.7. The highest BCUT2D eigenvalue weighted by molar-refractivity contribution is 4.43. The van der Waals surface area contributed by atoms with Crippen LogP contribution < -0.4 is 39.4 Å². The fourth-order valence-corrected chi connectivity index (χ4v) is 0.642. The van der Waals surface area contributed by atoms with Crippen molar-refractivity contribution in [2.24, 2.45) is 11.5 Å². The van der Waals surface area contributed by atoms with Crippen molar-refractivity contribution in [1.82, 2.24) is 0 Å². The number of hydrogen-bond acceptors (Lipinski definition) is 10. The van der Waals surface area contributed by atoms with E-state index >= 15 is 0 Å². The van der Waals surface area contributed by atoms with Gasteiger partial charge in [0.15, 0.2) is 0 Å². The largest absolute Gasteiger partial charge is 0.330 e. The van der Waals surface area contributed by atoms with E-state index in [1.165, 1.54) is 12.8 Å². The Labute approximate surface area is 109 Å². The van der Waals surface area contributed by atoms with Crippen molar-refractivity contribution in [3.63, 3.8) is 0 Å². The second-order valence-corrected chi connectivity index (χ2v) is 4.37. The molecular formula is C6H18Cl2N2O8. The Bertz CT molecular complexity index is 133. The number of rotatable bonds is 5. The predicted molar refractivity (Wildman–Crippen MR) is 41.0 cm³/mol. The lowest BCUT2D eigenvalue weighted by atomic mass is 10.2. The van der Waals surface area contributed by atoms with Crippen LogP contribution in [0, 0.1) is 20.5 Å². The van der Waals surface area contributed by atoms with Crippen LogP contribution in [0.5, 0.6) is 0 Å². The summed E-state index contributed by atoms with van der Waals surface area (Å²) in [5.74, 6) is 0. The maximum Gasteiger partial charge on any atom is 0.0777 e. The van der Waals surface area contributed by atoms with Gasteiger partial charge in [-0.1, -0.05) is 12.8 Å². The molecule has 6 N–H and O–H groups in total. The van der Waals surface area contributed by atoms with E-state index in [0.717, 1.165) is 25.9 Å². The third-order valence-corrected chi connectivity index (χ3v) is 1.16. The molecule has 0 heterocycles. The molecule has 114 valence electrons. The van der Waals surface area contributed by atoms with Gasteiger partial charge in [-0.2, -0.15) is 28.0 Å². The summed E-state index contributed by atoms with van der Waals surface area (Å²) >= 11 is 0. The van der Waals surface area contributed by atoms with Crippen LogP contribution in [0.1, 0.15) is 25.7 Å². The third kappa shape index (κ3) is 139. The Morgan fingerprint density at radius 1 is 0.611 bits per heavy atom. The van der Waals surface area contributed by atoms with Gasteiger partial charge in [-0.05, 0) is 25.9 Å². The van der Waals surface area contributed by atoms with Crippen LogP contribution in [0.25, 0.3) is 0 Å². The van der Waals surface area contributed by atoms with Crippen molar-refractivity contribution in [3.05, 3.63) is 0 Å². The Kier molecular flexibility index (Phi) is 17.6. The fraction of sp³-hybridized carbons (Fsp3) is 1.00. The molecule has 0 spiro atoms. The zero-order valence-corrected chi connectivity index (χ0v) is 11.0. The first-order valence-corrected chi connectivity index (χ1v) is 7.11. The molecular weight excluding hydrogens is 299 g/mol. The maximum atomic E-state index is 8.60. The molecule has 0 aromatic carbocycles. The lowest BCUT2D eigenvalue weighted by Gasteiger charge is -2.03. The van der Waals surface area contributed by atoms with Gasteiger partial charge in [-0.3, -0.25) is 0 Å². The minimum Gasteiger partial charge on any atom is -0.330 e. The smallest absolute Gasteiger partial charge is 0.0777 e. The highest BCUT2D eigenvalue weighted by Gasteiger charge is 1.99. The first-order chi connectivity index (χ1) is 7.91. The van der Waals surface area contributed by atoms with E-state index in [-0.39, 0.29) is 0 Å². The van der Waals surface area contributed by atoms with E-state index < -0.39 is 20.5 Å². The SMILES string of the molecule is NCCCCCCN.[O-][Cl+3]([O-])([O-])O.[O-][Cl+3]([O-])([O-])O. The number of halogens is 2. The second kappa shape index (κ2) is 13.6. The molecule has 0 aliphatic rings. The molecule has 0 fully saturated rings. The number of nitrogens with two attached hydrogens (primary N) is 2. The monoisotopic (exact) mass is 316 g/mol. The standard InChI is InChI=1S/C6H16N2.2ClHO4/c7-5-3-1-2-4-6-8;2*2-1(3,4)5/h1-8H2;2*(H,2,3,4,5). The summed E-state index contributed by atoms with van der Waals surface area (Å²) in [5, 5.41) is 0. The van der Waals surface area contributed by atoms with Crippen molar-refractivity contribution < 1.29 is 57.8 Å². The van der Waals surface area contributed by atoms with E-state index in [1.54, 1.807) is 0 Å². The van der Waals surface area contributed by atoms with Crippen molar-refractivity contribution in [3.8, 4) is 0 Å². The minimum atomic E-state index is -4.69. The van der Waals surface area contributed by atoms with Crippen LogP contribution in [0.3, 0.4) is 0 Å². The quantitative estimate of drug-likeness (QED) is 0.349. The molecule has 0 saturated heterocycles. The van der Waals surface area contributed by atoms with Gasteiger partial charge in [0.25, 0.3) is 0 Å². The first kappa shape index (κ1) is 23.3. The van der Waals surface area contributed by atoms with Crippen LogP contribution >= 0.6 is 0 Å². The Hall–Kier alpha value is 0.180. The molecule has 0 aromatic heterocycles. The third-order valence-electron chi connectivity index (χ3n) is 1.16. The minimum absolute atomic E-state index is 0.824. The normalized spacial score (nSPS) is 11.0. The van der Waals surface area contributed by atoms with Gasteiger partial charge in [0.2, 0.25) is 0 Å². The van der Waals surface area contributed by atoms with Crippen LogP contribution in [0.2, 0.25) is 0 Å². The van der Waals surface area contributed by atoms with Gasteiger partial charge < -0.3 is 11.5 Å². The molecule has 0 radical (unpaired) electrons. The van der Waals surface area contributed by atoms with Crippen molar-refractivity contribution in [2.45, 2.75) is 25.7 Å². The summed E-state index contributed by atoms with van der Waals surface area (Å²) < 4.78 is 65.4. The molecule has 0 aliphatic heterocycles. The van der Waals surface area contributed by atoms with Gasteiger partial charge in [0.05, 0.1) is 29.8 Å². The number of hydrogen-bond donors (Lipinski definition) is 4. The summed E-state index contributed by atoms with van der Waals surface area (Å²) in [7, 11) is -9.39. The van der Waals surface area contributed by atoms with Gasteiger partial charge in [0.1, 0.15) is 0 Å². The maximum absolute atomic E-state index is 8.60. The Morgan fingerprint density at radius 2 is 0.778 bits per heavy atom. The molecule has 0 unspecified atom stereocenters. The highest BCUT2D eigenvalue weighted by Crippen LogP contribution is 1.95. The molecule has 0 saturated carbocycles. The van der Waals surface area contributed by atoms with E-state index in [2.05, 4.69) is 0 Å². The van der Waals surface area contributed by atoms with Gasteiger partial charge in [-0.25, -0.2) is 0 Å². The van der Waals surface area contributed by atoms with Crippen molar-refractivity contribution >= 4 is 0 Å². The van der Waals surface area contributed by atoms with Crippen LogP contribution in [-0.4, -0.2) is 22.4 Å². The van der Waals surface area contributed by atoms with E-state index in [0.29, 0.717) is 0 Å². The molecule has 0 rings (SSSR count). The van der Waals surface area contributed by atoms with Crippen LogP contribution in [0.4, 0.5) is 0 Å². The fourth-order valence-electron chi connectivity index (χ4n) is 0.642. The average molecular weight is 317 g/mol. The summed E-state index contributed by atoms with van der Waals surface area (Å²) in [4.78, 5) is 0. The topological polar surface area (TPSA) is 231 Å². The number of unbranched alkanes of at least 4 members (excludes halogenated alkanes) is 3. The Morgan fingerprint density at radius 3 is 0.889 bits per heavy atom. The zero-order chi connectivity index (χ0) is 15.2. The summed E-state index contributed by atoms with van der Waals surface area (Å²) in [6.07, 6.45) is 4.79. The van der Waals surface area contributed by atoms with Gasteiger partial charge >= 0.3 is 0 Å². The van der Waals surface area contributed by atoms with E-state index in [4.69, 9.17) is 48.7 Å². The van der Waals surface area contributed by atoms with Crippen molar-refractivity contribution in [2.75, 3.05) is 13.1 Å². The van der Waals surface area contributed by atoms with Crippen LogP contribution in [0.15, 0.2) is 0 Å². The lowest BCUT2D eigenvalue weighted by Crippen LogP contribution is -2.58. The molecule has 10 nitrogen and oxygen atoms in total. The van der Waals surface area contributed by atoms with E-state index in [1.807, 2.05) is 0 Å². The molecule has 18 heavy (non-hydrogen) atoms. The Balaban J connectivity index is -0.000000197. The molecule has 0 aliphatic carbocycles. The summed E-state index contributed by atoms with van der Waals surface area (Å²) in [6, 6.07) is 0. The average Bonchev–Trinajstić information content (AvgIpc) is 2.07.